The van der Waals surface area contributed by atoms with Crippen molar-refractivity contribution in [3.8, 4) is 5.75 Å². The summed E-state index contributed by atoms with van der Waals surface area (Å²) in [6, 6.07) is 9.79. The molecule has 1 amide bonds. The van der Waals surface area contributed by atoms with Gasteiger partial charge in [0.05, 0.1) is 0 Å². The Kier molecular flexibility index (Phi) is 4.65. The Bertz CT molecular complexity index is 660. The molecule has 1 aliphatic rings. The van der Waals surface area contributed by atoms with E-state index in [9.17, 15) is 9.18 Å². The van der Waals surface area contributed by atoms with Gasteiger partial charge in [0.15, 0.2) is 24.0 Å². The van der Waals surface area contributed by atoms with Crippen molar-refractivity contribution in [3.05, 3.63) is 48.4 Å². The Morgan fingerprint density at radius 3 is 2.61 bits per heavy atom. The molecule has 7 heteroatoms. The molecule has 2 aromatic rings. The van der Waals surface area contributed by atoms with E-state index in [1.54, 1.807) is 23.2 Å². The molecular formula is C16H17FN4O2. The van der Waals surface area contributed by atoms with E-state index in [1.807, 2.05) is 12.1 Å². The van der Waals surface area contributed by atoms with Gasteiger partial charge in [-0.3, -0.25) is 4.79 Å². The smallest absolute Gasteiger partial charge is 0.260 e. The monoisotopic (exact) mass is 316 g/mol. The Morgan fingerprint density at radius 1 is 1.13 bits per heavy atom. The van der Waals surface area contributed by atoms with Gasteiger partial charge in [-0.2, -0.15) is 5.10 Å². The second-order valence-electron chi connectivity index (χ2n) is 5.17. The molecule has 0 bridgehead atoms. The average Bonchev–Trinajstić information content (AvgIpc) is 2.62. The lowest BCUT2D eigenvalue weighted by molar-refractivity contribution is -0.133. The highest BCUT2D eigenvalue weighted by molar-refractivity contribution is 5.78. The third kappa shape index (κ3) is 3.74. The number of para-hydroxylation sites is 1. The van der Waals surface area contributed by atoms with Crippen LogP contribution in [0.2, 0.25) is 0 Å². The molecule has 0 atom stereocenters. The Balaban J connectivity index is 1.50. The zero-order valence-corrected chi connectivity index (χ0v) is 12.6. The highest BCUT2D eigenvalue weighted by atomic mass is 19.1. The number of carbonyl (C=O) groups is 1. The third-order valence-electron chi connectivity index (χ3n) is 3.70. The van der Waals surface area contributed by atoms with Gasteiger partial charge < -0.3 is 14.5 Å². The molecule has 3 rings (SSSR count). The molecule has 0 radical (unpaired) electrons. The molecular weight excluding hydrogens is 299 g/mol. The lowest BCUT2D eigenvalue weighted by Crippen LogP contribution is -2.50. The van der Waals surface area contributed by atoms with Crippen LogP contribution in [0.3, 0.4) is 0 Å². The molecule has 120 valence electrons. The van der Waals surface area contributed by atoms with E-state index in [-0.39, 0.29) is 18.3 Å². The Morgan fingerprint density at radius 2 is 1.91 bits per heavy atom. The summed E-state index contributed by atoms with van der Waals surface area (Å²) in [5.74, 6) is 0.293. The maximum absolute atomic E-state index is 13.5. The maximum Gasteiger partial charge on any atom is 0.260 e. The van der Waals surface area contributed by atoms with Crippen molar-refractivity contribution in [3.63, 3.8) is 0 Å². The predicted octanol–water partition coefficient (Wildman–Crippen LogP) is 1.34. The van der Waals surface area contributed by atoms with Crippen molar-refractivity contribution in [1.29, 1.82) is 0 Å². The van der Waals surface area contributed by atoms with Crippen molar-refractivity contribution in [2.24, 2.45) is 0 Å². The first kappa shape index (κ1) is 15.2. The van der Waals surface area contributed by atoms with Crippen LogP contribution in [0.5, 0.6) is 5.75 Å². The van der Waals surface area contributed by atoms with Gasteiger partial charge >= 0.3 is 0 Å². The number of amides is 1. The van der Waals surface area contributed by atoms with Gasteiger partial charge in [-0.15, -0.1) is 5.10 Å². The number of piperazine rings is 1. The summed E-state index contributed by atoms with van der Waals surface area (Å²) in [4.78, 5) is 16.0. The summed E-state index contributed by atoms with van der Waals surface area (Å²) in [5.41, 5.74) is 0. The highest BCUT2D eigenvalue weighted by Crippen LogP contribution is 2.16. The summed E-state index contributed by atoms with van der Waals surface area (Å²) in [5, 5.41) is 7.92. The van der Waals surface area contributed by atoms with Crippen molar-refractivity contribution >= 4 is 11.7 Å². The van der Waals surface area contributed by atoms with Crippen molar-refractivity contribution in [2.45, 2.75) is 0 Å². The van der Waals surface area contributed by atoms with Gasteiger partial charge in [0.2, 0.25) is 0 Å². The molecule has 1 aliphatic heterocycles. The number of rotatable bonds is 4. The van der Waals surface area contributed by atoms with Gasteiger partial charge in [0, 0.05) is 32.4 Å². The van der Waals surface area contributed by atoms with E-state index in [0.29, 0.717) is 26.2 Å². The average molecular weight is 316 g/mol. The number of hydrogen-bond acceptors (Lipinski definition) is 5. The second-order valence-corrected chi connectivity index (χ2v) is 5.17. The van der Waals surface area contributed by atoms with Crippen LogP contribution >= 0.6 is 0 Å². The first-order valence-corrected chi connectivity index (χ1v) is 7.42. The first-order chi connectivity index (χ1) is 11.2. The standard InChI is InChI=1S/C16H17FN4O2/c17-13-4-1-2-5-14(13)23-12-16(22)21-10-8-20(9-11-21)15-6-3-7-18-19-15/h1-7H,8-12H2. The quantitative estimate of drug-likeness (QED) is 0.852. The minimum absolute atomic E-state index is 0.0963. The Labute approximate surface area is 133 Å². The van der Waals surface area contributed by atoms with E-state index >= 15 is 0 Å². The lowest BCUT2D eigenvalue weighted by Gasteiger charge is -2.35. The van der Waals surface area contributed by atoms with E-state index < -0.39 is 5.82 Å². The van der Waals surface area contributed by atoms with Crippen LogP contribution in [0.25, 0.3) is 0 Å². The fourth-order valence-electron chi connectivity index (χ4n) is 2.44. The predicted molar refractivity (Wildman–Crippen MR) is 82.7 cm³/mol. The van der Waals surface area contributed by atoms with Gasteiger partial charge in [0.25, 0.3) is 5.91 Å². The van der Waals surface area contributed by atoms with Crippen LogP contribution in [-0.4, -0.2) is 53.8 Å². The topological polar surface area (TPSA) is 58.6 Å². The number of benzene rings is 1. The SMILES string of the molecule is O=C(COc1ccccc1F)N1CCN(c2cccnn2)CC1. The van der Waals surface area contributed by atoms with E-state index in [2.05, 4.69) is 15.1 Å². The summed E-state index contributed by atoms with van der Waals surface area (Å²) >= 11 is 0. The summed E-state index contributed by atoms with van der Waals surface area (Å²) in [7, 11) is 0. The first-order valence-electron chi connectivity index (χ1n) is 7.42. The summed E-state index contributed by atoms with van der Waals surface area (Å²) < 4.78 is 18.7. The molecule has 2 heterocycles. The van der Waals surface area contributed by atoms with Gasteiger partial charge in [-0.25, -0.2) is 4.39 Å². The summed E-state index contributed by atoms with van der Waals surface area (Å²) in [6.07, 6.45) is 1.63. The fourth-order valence-corrected chi connectivity index (χ4v) is 2.44. The fraction of sp³-hybridized carbons (Fsp3) is 0.312. The number of aromatic nitrogens is 2. The number of nitrogens with zero attached hydrogens (tertiary/aromatic N) is 4. The van der Waals surface area contributed by atoms with Crippen molar-refractivity contribution < 1.29 is 13.9 Å². The molecule has 6 nitrogen and oxygen atoms in total. The second kappa shape index (κ2) is 7.04. The largest absolute Gasteiger partial charge is 0.481 e. The zero-order chi connectivity index (χ0) is 16.1. The molecule has 1 aromatic carbocycles. The van der Waals surface area contributed by atoms with Crippen LogP contribution in [0.15, 0.2) is 42.6 Å². The lowest BCUT2D eigenvalue weighted by atomic mass is 10.3. The van der Waals surface area contributed by atoms with E-state index in [1.165, 1.54) is 12.1 Å². The molecule has 0 unspecified atom stereocenters. The van der Waals surface area contributed by atoms with Crippen LogP contribution in [0.4, 0.5) is 10.2 Å². The molecule has 0 saturated carbocycles. The molecule has 1 saturated heterocycles. The van der Waals surface area contributed by atoms with Crippen molar-refractivity contribution in [1.82, 2.24) is 15.1 Å². The molecule has 0 spiro atoms. The van der Waals surface area contributed by atoms with Crippen LogP contribution < -0.4 is 9.64 Å². The van der Waals surface area contributed by atoms with Crippen LogP contribution in [0.1, 0.15) is 0 Å². The summed E-state index contributed by atoms with van der Waals surface area (Å²) in [6.45, 7) is 2.37. The number of halogens is 1. The molecule has 0 aliphatic carbocycles. The number of anilines is 1. The van der Waals surface area contributed by atoms with Gasteiger partial charge in [0.1, 0.15) is 0 Å². The van der Waals surface area contributed by atoms with Crippen molar-refractivity contribution in [2.75, 3.05) is 37.7 Å². The normalized spacial score (nSPS) is 14.7. The number of hydrogen-bond donors (Lipinski definition) is 0. The van der Waals surface area contributed by atoms with Gasteiger partial charge in [-0.05, 0) is 24.3 Å². The zero-order valence-electron chi connectivity index (χ0n) is 12.6. The molecule has 1 fully saturated rings. The van der Waals surface area contributed by atoms with E-state index in [4.69, 9.17) is 4.74 Å². The Hall–Kier alpha value is -2.70. The van der Waals surface area contributed by atoms with Crippen LogP contribution in [-0.2, 0) is 4.79 Å². The molecule has 0 N–H and O–H groups in total. The van der Waals surface area contributed by atoms with Crippen LogP contribution in [0, 0.1) is 5.82 Å². The molecule has 23 heavy (non-hydrogen) atoms. The minimum atomic E-state index is -0.465. The number of carbonyl (C=O) groups excluding carboxylic acids is 1. The number of ether oxygens (including phenoxy) is 1. The minimum Gasteiger partial charge on any atom is -0.481 e. The van der Waals surface area contributed by atoms with Gasteiger partial charge in [-0.1, -0.05) is 12.1 Å². The van der Waals surface area contributed by atoms with E-state index in [0.717, 1.165) is 5.82 Å². The molecule has 1 aromatic heterocycles. The highest BCUT2D eigenvalue weighted by Gasteiger charge is 2.22. The maximum atomic E-state index is 13.5. The third-order valence-corrected chi connectivity index (χ3v) is 3.70.